The molecule has 0 aromatic heterocycles. The van der Waals surface area contributed by atoms with E-state index in [-0.39, 0.29) is 16.9 Å². The first-order chi connectivity index (χ1) is 9.93. The van der Waals surface area contributed by atoms with Gasteiger partial charge in [0.1, 0.15) is 0 Å². The second-order valence-corrected chi connectivity index (χ2v) is 6.98. The lowest BCUT2D eigenvalue weighted by molar-refractivity contribution is 0.193. The molecule has 4 nitrogen and oxygen atoms in total. The maximum Gasteiger partial charge on any atom is 0.339 e. The van der Waals surface area contributed by atoms with Crippen molar-refractivity contribution in [1.82, 2.24) is 5.43 Å². The fourth-order valence-corrected chi connectivity index (χ4v) is 3.90. The molecule has 2 N–H and O–H groups in total. The van der Waals surface area contributed by atoms with Crippen LogP contribution in [0.5, 0.6) is 0 Å². The minimum absolute atomic E-state index is 0.123. The van der Waals surface area contributed by atoms with E-state index in [0.29, 0.717) is 5.92 Å². The molecule has 0 saturated heterocycles. The Kier molecular flexibility index (Phi) is 3.27. The van der Waals surface area contributed by atoms with Crippen molar-refractivity contribution in [3.63, 3.8) is 0 Å². The number of hydrogen-bond acceptors (Lipinski definition) is 2. The van der Waals surface area contributed by atoms with Crippen LogP contribution in [0.4, 0.5) is 10.5 Å². The lowest BCUT2D eigenvalue weighted by Gasteiger charge is -2.34. The molecule has 2 saturated carbocycles. The number of anilines is 1. The topological polar surface area (TPSA) is 53.5 Å². The van der Waals surface area contributed by atoms with Gasteiger partial charge in [-0.05, 0) is 42.7 Å². The van der Waals surface area contributed by atoms with Crippen molar-refractivity contribution in [3.05, 3.63) is 30.3 Å². The summed E-state index contributed by atoms with van der Waals surface area (Å²) in [6.07, 6.45) is 3.46. The second-order valence-electron chi connectivity index (χ2n) is 6.98. The Balaban J connectivity index is 1.66. The molecule has 1 aromatic rings. The third-order valence-corrected chi connectivity index (χ3v) is 5.84. The van der Waals surface area contributed by atoms with Crippen LogP contribution in [0.2, 0.25) is 0 Å². The van der Waals surface area contributed by atoms with E-state index in [2.05, 4.69) is 36.6 Å². The molecule has 1 aromatic carbocycles. The summed E-state index contributed by atoms with van der Waals surface area (Å²) in [6, 6.07) is 9.13. The third-order valence-electron chi connectivity index (χ3n) is 5.84. The van der Waals surface area contributed by atoms with Gasteiger partial charge in [-0.15, -0.1) is 0 Å². The number of nitrogens with one attached hydrogen (secondary N) is 2. The number of benzene rings is 1. The number of rotatable bonds is 2. The molecular weight excluding hydrogens is 262 g/mol. The first kappa shape index (κ1) is 14.1. The van der Waals surface area contributed by atoms with Gasteiger partial charge in [0, 0.05) is 16.8 Å². The van der Waals surface area contributed by atoms with Crippen molar-refractivity contribution in [2.75, 3.05) is 5.32 Å². The molecule has 2 aliphatic carbocycles. The number of hydrazone groups is 1. The predicted molar refractivity (Wildman–Crippen MR) is 85.3 cm³/mol. The van der Waals surface area contributed by atoms with Crippen LogP contribution in [0, 0.1) is 16.7 Å². The van der Waals surface area contributed by atoms with Crippen LogP contribution in [0.15, 0.2) is 35.4 Å². The summed E-state index contributed by atoms with van der Waals surface area (Å²) in [7, 11) is 0. The summed E-state index contributed by atoms with van der Waals surface area (Å²) in [5, 5.41) is 7.21. The van der Waals surface area contributed by atoms with Crippen molar-refractivity contribution >= 4 is 17.4 Å². The molecule has 0 aliphatic heterocycles. The van der Waals surface area contributed by atoms with Crippen LogP contribution < -0.4 is 10.7 Å². The van der Waals surface area contributed by atoms with E-state index in [1.165, 1.54) is 12.8 Å². The number of nitrogens with zero attached hydrogens (tertiary/aromatic N) is 1. The van der Waals surface area contributed by atoms with Crippen LogP contribution in [0.1, 0.15) is 40.0 Å². The van der Waals surface area contributed by atoms with Crippen LogP contribution in [0.3, 0.4) is 0 Å². The lowest BCUT2D eigenvalue weighted by Crippen LogP contribution is -2.35. The molecule has 2 fully saturated rings. The van der Waals surface area contributed by atoms with E-state index in [0.717, 1.165) is 17.8 Å². The number of carbonyl (C=O) groups excluding carboxylic acids is 1. The number of amides is 2. The molecule has 0 radical (unpaired) electrons. The van der Waals surface area contributed by atoms with Crippen molar-refractivity contribution in [1.29, 1.82) is 0 Å². The van der Waals surface area contributed by atoms with Crippen molar-refractivity contribution in [2.45, 2.75) is 40.0 Å². The molecule has 2 aliphatic rings. The molecular formula is C17H23N3O. The van der Waals surface area contributed by atoms with Gasteiger partial charge >= 0.3 is 6.03 Å². The van der Waals surface area contributed by atoms with E-state index >= 15 is 0 Å². The average Bonchev–Trinajstić information content (AvgIpc) is 2.79. The molecule has 2 amide bonds. The Hall–Kier alpha value is -1.84. The van der Waals surface area contributed by atoms with Crippen LogP contribution >= 0.6 is 0 Å². The van der Waals surface area contributed by atoms with Crippen LogP contribution in [0.25, 0.3) is 0 Å². The van der Waals surface area contributed by atoms with Gasteiger partial charge in [-0.1, -0.05) is 39.0 Å². The fraction of sp³-hybridized carbons (Fsp3) is 0.529. The molecule has 0 spiro atoms. The maximum atomic E-state index is 11.9. The van der Waals surface area contributed by atoms with Gasteiger partial charge in [0.2, 0.25) is 0 Å². The average molecular weight is 285 g/mol. The summed E-state index contributed by atoms with van der Waals surface area (Å²) in [5.74, 6) is 0.695. The zero-order chi connectivity index (χ0) is 15.1. The first-order valence-corrected chi connectivity index (χ1v) is 7.62. The fourth-order valence-electron chi connectivity index (χ4n) is 3.90. The zero-order valence-electron chi connectivity index (χ0n) is 12.9. The van der Waals surface area contributed by atoms with E-state index in [9.17, 15) is 4.79 Å². The molecule has 112 valence electrons. The highest BCUT2D eigenvalue weighted by molar-refractivity contribution is 5.96. The van der Waals surface area contributed by atoms with Gasteiger partial charge in [0.25, 0.3) is 0 Å². The second kappa shape index (κ2) is 4.86. The third kappa shape index (κ3) is 2.23. The van der Waals surface area contributed by atoms with Gasteiger partial charge in [-0.25, -0.2) is 10.2 Å². The van der Waals surface area contributed by atoms with E-state index in [1.807, 2.05) is 30.3 Å². The molecule has 2 atom stereocenters. The Morgan fingerprint density at radius 2 is 1.95 bits per heavy atom. The Labute approximate surface area is 126 Å². The van der Waals surface area contributed by atoms with Crippen molar-refractivity contribution in [2.24, 2.45) is 21.8 Å². The Morgan fingerprint density at radius 1 is 1.24 bits per heavy atom. The largest absolute Gasteiger partial charge is 0.339 e. The highest BCUT2D eigenvalue weighted by Crippen LogP contribution is 2.63. The van der Waals surface area contributed by atoms with E-state index in [1.54, 1.807) is 0 Å². The summed E-state index contributed by atoms with van der Waals surface area (Å²) in [4.78, 5) is 11.9. The Bertz CT molecular complexity index is 579. The lowest BCUT2D eigenvalue weighted by atomic mass is 9.70. The summed E-state index contributed by atoms with van der Waals surface area (Å²) >= 11 is 0. The monoisotopic (exact) mass is 285 g/mol. The van der Waals surface area contributed by atoms with Gasteiger partial charge in [0.15, 0.2) is 0 Å². The SMILES string of the molecule is CC1(C)[C@H]2CC[C@]1(C)/C(=N/NC(=O)Nc1ccccc1)C2. The molecule has 2 bridgehead atoms. The first-order valence-electron chi connectivity index (χ1n) is 7.62. The highest BCUT2D eigenvalue weighted by atomic mass is 16.2. The predicted octanol–water partition coefficient (Wildman–Crippen LogP) is 4.01. The van der Waals surface area contributed by atoms with Crippen LogP contribution in [-0.4, -0.2) is 11.7 Å². The summed E-state index contributed by atoms with van der Waals surface area (Å²) in [5.41, 5.74) is 4.98. The van der Waals surface area contributed by atoms with Crippen LogP contribution in [-0.2, 0) is 0 Å². The number of carbonyl (C=O) groups is 1. The number of urea groups is 1. The zero-order valence-corrected chi connectivity index (χ0v) is 12.9. The number of para-hydroxylation sites is 1. The quantitative estimate of drug-likeness (QED) is 0.792. The summed E-state index contributed by atoms with van der Waals surface area (Å²) in [6.45, 7) is 6.95. The molecule has 0 heterocycles. The van der Waals surface area contributed by atoms with Gasteiger partial charge in [-0.3, -0.25) is 0 Å². The number of fused-ring (bicyclic) bond motifs is 2. The molecule has 3 rings (SSSR count). The summed E-state index contributed by atoms with van der Waals surface area (Å²) < 4.78 is 0. The highest BCUT2D eigenvalue weighted by Gasteiger charge is 2.59. The van der Waals surface area contributed by atoms with Gasteiger partial charge in [-0.2, -0.15) is 5.10 Å². The Morgan fingerprint density at radius 3 is 2.52 bits per heavy atom. The van der Waals surface area contributed by atoms with E-state index < -0.39 is 0 Å². The van der Waals surface area contributed by atoms with Crippen molar-refractivity contribution < 1.29 is 4.79 Å². The molecule has 4 heteroatoms. The smallest absolute Gasteiger partial charge is 0.307 e. The van der Waals surface area contributed by atoms with Crippen molar-refractivity contribution in [3.8, 4) is 0 Å². The minimum atomic E-state index is -0.280. The molecule has 0 unspecified atom stereocenters. The minimum Gasteiger partial charge on any atom is -0.307 e. The molecule has 21 heavy (non-hydrogen) atoms. The standard InChI is InChI=1S/C17H23N3O/c1-16(2)12-9-10-17(16,3)14(11-12)19-20-15(21)18-13-7-5-4-6-8-13/h4-8,12H,9-11H2,1-3H3,(H2,18,20,21)/b19-14+/t12-,17+/m0/s1. The maximum absolute atomic E-state index is 11.9. The van der Waals surface area contributed by atoms with E-state index in [4.69, 9.17) is 0 Å². The normalized spacial score (nSPS) is 31.4. The number of hydrogen-bond donors (Lipinski definition) is 2. The van der Waals surface area contributed by atoms with Gasteiger partial charge < -0.3 is 5.32 Å². The van der Waals surface area contributed by atoms with Gasteiger partial charge in [0.05, 0.1) is 0 Å².